The highest BCUT2D eigenvalue weighted by Gasteiger charge is 2.38. The van der Waals surface area contributed by atoms with Gasteiger partial charge in [-0.1, -0.05) is 40.5 Å². The minimum atomic E-state index is 0.256. The van der Waals surface area contributed by atoms with Crippen molar-refractivity contribution in [1.29, 1.82) is 0 Å². The summed E-state index contributed by atoms with van der Waals surface area (Å²) in [6.07, 6.45) is 5.22. The number of hydrogen-bond donors (Lipinski definition) is 1. The second-order valence-electron chi connectivity index (χ2n) is 5.69. The lowest BCUT2D eigenvalue weighted by Crippen LogP contribution is -2.21. The van der Waals surface area contributed by atoms with Gasteiger partial charge in [0.15, 0.2) is 5.17 Å². The highest BCUT2D eigenvalue weighted by atomic mass is 79.9. The molecule has 102 valence electrons. The summed E-state index contributed by atoms with van der Waals surface area (Å²) in [6, 6.07) is 4.36. The molecule has 0 bridgehead atoms. The van der Waals surface area contributed by atoms with Crippen LogP contribution in [0.1, 0.15) is 36.8 Å². The summed E-state index contributed by atoms with van der Waals surface area (Å²) >= 11 is 5.49. The van der Waals surface area contributed by atoms with Crippen molar-refractivity contribution in [3.05, 3.63) is 27.7 Å². The van der Waals surface area contributed by atoms with Gasteiger partial charge in [0.2, 0.25) is 0 Å². The van der Waals surface area contributed by atoms with E-state index in [1.807, 2.05) is 11.8 Å². The molecule has 0 saturated heterocycles. The van der Waals surface area contributed by atoms with Crippen molar-refractivity contribution in [2.45, 2.75) is 45.1 Å². The van der Waals surface area contributed by atoms with Crippen molar-refractivity contribution in [3.8, 4) is 0 Å². The van der Waals surface area contributed by atoms with E-state index in [-0.39, 0.29) is 5.54 Å². The highest BCUT2D eigenvalue weighted by molar-refractivity contribution is 9.10. The first-order valence-corrected chi connectivity index (χ1v) is 8.62. The fraction of sp³-hybridized carbons (Fsp3) is 0.533. The Morgan fingerprint density at radius 1 is 1.21 bits per heavy atom. The summed E-state index contributed by atoms with van der Waals surface area (Å²) in [5.74, 6) is 1.16. The van der Waals surface area contributed by atoms with Crippen LogP contribution in [0.15, 0.2) is 21.6 Å². The third kappa shape index (κ3) is 2.70. The van der Waals surface area contributed by atoms with Crippen molar-refractivity contribution in [3.63, 3.8) is 0 Å². The summed E-state index contributed by atoms with van der Waals surface area (Å²) in [6.45, 7) is 4.26. The van der Waals surface area contributed by atoms with Gasteiger partial charge >= 0.3 is 0 Å². The van der Waals surface area contributed by atoms with E-state index in [1.165, 1.54) is 41.3 Å². The van der Waals surface area contributed by atoms with Gasteiger partial charge < -0.3 is 5.32 Å². The summed E-state index contributed by atoms with van der Waals surface area (Å²) in [4.78, 5) is 4.95. The molecule has 1 saturated carbocycles. The molecule has 1 aliphatic carbocycles. The van der Waals surface area contributed by atoms with Gasteiger partial charge in [-0.15, -0.1) is 0 Å². The van der Waals surface area contributed by atoms with Crippen LogP contribution in [0.3, 0.4) is 0 Å². The van der Waals surface area contributed by atoms with Crippen LogP contribution in [-0.4, -0.2) is 16.5 Å². The number of aryl methyl sites for hydroxylation is 2. The molecule has 1 heterocycles. The van der Waals surface area contributed by atoms with Crippen molar-refractivity contribution in [1.82, 2.24) is 0 Å². The van der Waals surface area contributed by atoms with Gasteiger partial charge in [-0.3, -0.25) is 4.99 Å². The monoisotopic (exact) mass is 338 g/mol. The molecule has 1 fully saturated rings. The number of aliphatic imine (C=N–C) groups is 1. The zero-order valence-corrected chi connectivity index (χ0v) is 13.8. The van der Waals surface area contributed by atoms with Gasteiger partial charge in [-0.05, 0) is 49.9 Å². The van der Waals surface area contributed by atoms with Crippen molar-refractivity contribution in [2.75, 3.05) is 11.1 Å². The van der Waals surface area contributed by atoms with Gasteiger partial charge in [0.25, 0.3) is 0 Å². The topological polar surface area (TPSA) is 24.4 Å². The van der Waals surface area contributed by atoms with Crippen LogP contribution < -0.4 is 5.32 Å². The van der Waals surface area contributed by atoms with Gasteiger partial charge in [-0.2, -0.15) is 0 Å². The average molecular weight is 339 g/mol. The van der Waals surface area contributed by atoms with Crippen LogP contribution in [0.2, 0.25) is 0 Å². The standard InChI is InChI=1S/C15H19BrN2S/c1-10-7-12(8-11(2)13(10)16)17-14-18-15(9-19-14)5-3-4-6-15/h7-8H,3-6,9H2,1-2H3,(H,17,18). The number of benzene rings is 1. The normalized spacial score (nSPS) is 20.9. The molecule has 2 nitrogen and oxygen atoms in total. The fourth-order valence-electron chi connectivity index (χ4n) is 2.98. The van der Waals surface area contributed by atoms with Crippen molar-refractivity contribution >= 4 is 38.5 Å². The number of thioether (sulfide) groups is 1. The van der Waals surface area contributed by atoms with E-state index in [4.69, 9.17) is 4.99 Å². The van der Waals surface area contributed by atoms with Crippen LogP contribution in [-0.2, 0) is 0 Å². The molecule has 4 heteroatoms. The smallest absolute Gasteiger partial charge is 0.161 e. The number of amidine groups is 1. The quantitative estimate of drug-likeness (QED) is 0.787. The summed E-state index contributed by atoms with van der Waals surface area (Å²) in [5, 5.41) is 4.59. The van der Waals surface area contributed by atoms with Gasteiger partial charge in [0.05, 0.1) is 5.54 Å². The maximum atomic E-state index is 4.95. The predicted molar refractivity (Wildman–Crippen MR) is 88.3 cm³/mol. The molecule has 0 amide bonds. The molecule has 1 aromatic rings. The SMILES string of the molecule is Cc1cc(NC2=NC3(CCCC3)CS2)cc(C)c1Br. The van der Waals surface area contributed by atoms with E-state index in [0.29, 0.717) is 0 Å². The van der Waals surface area contributed by atoms with Gasteiger partial charge in [0, 0.05) is 15.9 Å². The molecule has 1 aliphatic heterocycles. The zero-order valence-electron chi connectivity index (χ0n) is 11.4. The molecule has 0 radical (unpaired) electrons. The van der Waals surface area contributed by atoms with E-state index < -0.39 is 0 Å². The Labute approximate surface area is 127 Å². The summed E-state index contributed by atoms with van der Waals surface area (Å²) < 4.78 is 1.20. The minimum Gasteiger partial charge on any atom is -0.335 e. The zero-order chi connectivity index (χ0) is 13.5. The Bertz CT molecular complexity index is 510. The third-order valence-electron chi connectivity index (χ3n) is 4.04. The lowest BCUT2D eigenvalue weighted by molar-refractivity contribution is 0.508. The van der Waals surface area contributed by atoms with Crippen LogP contribution >= 0.6 is 27.7 Å². The number of nitrogens with zero attached hydrogens (tertiary/aromatic N) is 1. The molecule has 0 atom stereocenters. The summed E-state index contributed by atoms with van der Waals surface area (Å²) in [5.41, 5.74) is 3.94. The molecule has 3 rings (SSSR count). The van der Waals surface area contributed by atoms with E-state index in [0.717, 1.165) is 16.6 Å². The Morgan fingerprint density at radius 3 is 2.47 bits per heavy atom. The Kier molecular flexibility index (Phi) is 3.65. The van der Waals surface area contributed by atoms with E-state index in [2.05, 4.69) is 47.2 Å². The first kappa shape index (κ1) is 13.5. The van der Waals surface area contributed by atoms with Crippen LogP contribution in [0.5, 0.6) is 0 Å². The molecule has 19 heavy (non-hydrogen) atoms. The maximum Gasteiger partial charge on any atom is 0.161 e. The first-order valence-electron chi connectivity index (χ1n) is 6.84. The maximum absolute atomic E-state index is 4.95. The van der Waals surface area contributed by atoms with Crippen LogP contribution in [0.4, 0.5) is 5.69 Å². The number of anilines is 1. The van der Waals surface area contributed by atoms with Gasteiger partial charge in [-0.25, -0.2) is 0 Å². The predicted octanol–water partition coefficient (Wildman–Crippen LogP) is 4.89. The Morgan fingerprint density at radius 2 is 1.84 bits per heavy atom. The molecule has 0 unspecified atom stereocenters. The number of halogens is 1. The second-order valence-corrected chi connectivity index (χ2v) is 7.44. The average Bonchev–Trinajstić information content (AvgIpc) is 2.97. The lowest BCUT2D eigenvalue weighted by atomic mass is 10.0. The molecule has 1 spiro atoms. The van der Waals surface area contributed by atoms with Crippen molar-refractivity contribution < 1.29 is 0 Å². The van der Waals surface area contributed by atoms with Crippen LogP contribution in [0.25, 0.3) is 0 Å². The first-order chi connectivity index (χ1) is 9.08. The molecular formula is C15H19BrN2S. The molecular weight excluding hydrogens is 320 g/mol. The number of rotatable bonds is 1. The van der Waals surface area contributed by atoms with Crippen molar-refractivity contribution in [2.24, 2.45) is 4.99 Å². The van der Waals surface area contributed by atoms with Gasteiger partial charge in [0.1, 0.15) is 0 Å². The Balaban J connectivity index is 1.79. The Hall–Kier alpha value is -0.480. The number of nitrogens with one attached hydrogen (secondary N) is 1. The largest absolute Gasteiger partial charge is 0.335 e. The number of hydrogen-bond acceptors (Lipinski definition) is 3. The molecule has 1 aromatic carbocycles. The third-order valence-corrected chi connectivity index (χ3v) is 6.44. The molecule has 0 aromatic heterocycles. The lowest BCUT2D eigenvalue weighted by Gasteiger charge is -2.16. The fourth-order valence-corrected chi connectivity index (χ4v) is 4.41. The minimum absolute atomic E-state index is 0.256. The molecule has 1 N–H and O–H groups in total. The van der Waals surface area contributed by atoms with Crippen LogP contribution in [0, 0.1) is 13.8 Å². The highest BCUT2D eigenvalue weighted by Crippen LogP contribution is 2.41. The van der Waals surface area contributed by atoms with E-state index in [1.54, 1.807) is 0 Å². The van der Waals surface area contributed by atoms with E-state index >= 15 is 0 Å². The molecule has 2 aliphatic rings. The summed E-state index contributed by atoms with van der Waals surface area (Å²) in [7, 11) is 0. The van der Waals surface area contributed by atoms with E-state index in [9.17, 15) is 0 Å². The second kappa shape index (κ2) is 5.13.